The maximum atomic E-state index is 14.0. The molecule has 3 heterocycles. The predicted molar refractivity (Wildman–Crippen MR) is 146 cm³/mol. The van der Waals surface area contributed by atoms with Gasteiger partial charge in [-0.15, -0.1) is 0 Å². The minimum absolute atomic E-state index is 0.0716. The molecule has 1 aromatic heterocycles. The molecule has 2 aliphatic heterocycles. The van der Waals surface area contributed by atoms with Crippen LogP contribution in [0.15, 0.2) is 54.6 Å². The van der Waals surface area contributed by atoms with Gasteiger partial charge in [0.15, 0.2) is 5.79 Å². The van der Waals surface area contributed by atoms with Gasteiger partial charge in [-0.25, -0.2) is 4.39 Å². The van der Waals surface area contributed by atoms with Gasteiger partial charge in [0.1, 0.15) is 11.6 Å². The molecule has 2 aliphatic rings. The molecule has 0 radical (unpaired) electrons. The Morgan fingerprint density at radius 1 is 1.08 bits per heavy atom. The van der Waals surface area contributed by atoms with E-state index in [0.29, 0.717) is 13.0 Å². The maximum Gasteiger partial charge on any atom is 0.163 e. The summed E-state index contributed by atoms with van der Waals surface area (Å²) >= 11 is 0. The van der Waals surface area contributed by atoms with Crippen molar-refractivity contribution in [3.05, 3.63) is 77.2 Å². The molecule has 0 amide bonds. The highest BCUT2D eigenvalue weighted by Crippen LogP contribution is 2.43. The molecule has 0 aliphatic carbocycles. The van der Waals surface area contributed by atoms with Crippen LogP contribution in [0.2, 0.25) is 0 Å². The number of para-hydroxylation sites is 1. The summed E-state index contributed by atoms with van der Waals surface area (Å²) in [6.07, 6.45) is 6.85. The van der Waals surface area contributed by atoms with Gasteiger partial charge in [0.05, 0.1) is 30.2 Å². The number of nitrogens with zero attached hydrogens (tertiary/aromatic N) is 1. The van der Waals surface area contributed by atoms with Crippen molar-refractivity contribution < 1.29 is 18.6 Å². The van der Waals surface area contributed by atoms with Crippen LogP contribution >= 0.6 is 0 Å². The molecule has 5 heteroatoms. The average Bonchev–Trinajstić information content (AvgIpc) is 3.05. The summed E-state index contributed by atoms with van der Waals surface area (Å²) in [5, 5.41) is 0. The largest absolute Gasteiger partial charge is 0.493 e. The molecule has 0 saturated carbocycles. The van der Waals surface area contributed by atoms with Gasteiger partial charge in [-0.1, -0.05) is 57.2 Å². The number of aromatic nitrogens is 1. The predicted octanol–water partition coefficient (Wildman–Crippen LogP) is 7.95. The fourth-order valence-corrected chi connectivity index (χ4v) is 5.45. The van der Waals surface area contributed by atoms with Gasteiger partial charge in [0.2, 0.25) is 0 Å². The lowest BCUT2D eigenvalue weighted by Crippen LogP contribution is -2.43. The van der Waals surface area contributed by atoms with Gasteiger partial charge in [-0.3, -0.25) is 4.98 Å². The first-order valence-corrected chi connectivity index (χ1v) is 13.3. The highest BCUT2D eigenvalue weighted by atomic mass is 19.1. The van der Waals surface area contributed by atoms with Crippen LogP contribution in [-0.4, -0.2) is 29.6 Å². The molecule has 1 saturated heterocycles. The van der Waals surface area contributed by atoms with Crippen molar-refractivity contribution in [2.24, 2.45) is 0 Å². The number of fused-ring (bicyclic) bond motifs is 3. The summed E-state index contributed by atoms with van der Waals surface area (Å²) in [7, 11) is 0. The van der Waals surface area contributed by atoms with E-state index >= 15 is 0 Å². The third-order valence-electron chi connectivity index (χ3n) is 7.11. The second kappa shape index (κ2) is 10.4. The molecule has 194 valence electrons. The van der Waals surface area contributed by atoms with Gasteiger partial charge in [-0.2, -0.15) is 0 Å². The Morgan fingerprint density at radius 2 is 1.84 bits per heavy atom. The molecule has 5 rings (SSSR count). The van der Waals surface area contributed by atoms with Crippen molar-refractivity contribution in [3.63, 3.8) is 0 Å². The average molecular weight is 502 g/mol. The van der Waals surface area contributed by atoms with Gasteiger partial charge >= 0.3 is 0 Å². The van der Waals surface area contributed by atoms with Crippen LogP contribution in [0.3, 0.4) is 0 Å². The van der Waals surface area contributed by atoms with Crippen LogP contribution in [-0.2, 0) is 15.9 Å². The molecule has 0 unspecified atom stereocenters. The van der Waals surface area contributed by atoms with Crippen molar-refractivity contribution in [2.45, 2.75) is 77.8 Å². The number of hydrogen-bond acceptors (Lipinski definition) is 4. The molecular formula is C32H36FNO3. The van der Waals surface area contributed by atoms with E-state index in [1.165, 1.54) is 12.1 Å². The number of ether oxygens (including phenoxy) is 3. The Balaban J connectivity index is 1.71. The fourth-order valence-electron chi connectivity index (χ4n) is 5.45. The normalized spacial score (nSPS) is 20.8. The summed E-state index contributed by atoms with van der Waals surface area (Å²) < 4.78 is 32.4. The topological polar surface area (TPSA) is 40.6 Å². The summed E-state index contributed by atoms with van der Waals surface area (Å²) in [6.45, 7) is 11.0. The van der Waals surface area contributed by atoms with Crippen LogP contribution in [0.1, 0.15) is 70.2 Å². The van der Waals surface area contributed by atoms with E-state index in [1.54, 1.807) is 0 Å². The third kappa shape index (κ3) is 5.34. The second-order valence-corrected chi connectivity index (χ2v) is 10.7. The van der Waals surface area contributed by atoms with E-state index in [2.05, 4.69) is 39.0 Å². The highest BCUT2D eigenvalue weighted by molar-refractivity contribution is 5.86. The lowest BCUT2D eigenvalue weighted by atomic mass is 9.86. The van der Waals surface area contributed by atoms with Gasteiger partial charge < -0.3 is 14.2 Å². The zero-order valence-electron chi connectivity index (χ0n) is 22.4. The third-order valence-corrected chi connectivity index (χ3v) is 7.11. The first-order valence-electron chi connectivity index (χ1n) is 13.3. The molecule has 2 aromatic carbocycles. The van der Waals surface area contributed by atoms with Crippen molar-refractivity contribution in [1.29, 1.82) is 0 Å². The number of pyridine rings is 1. The quantitative estimate of drug-likeness (QED) is 0.356. The van der Waals surface area contributed by atoms with Gasteiger partial charge in [-0.05, 0) is 67.1 Å². The Bertz CT molecular complexity index is 1300. The molecule has 3 aromatic rings. The zero-order valence-corrected chi connectivity index (χ0v) is 22.4. The van der Waals surface area contributed by atoms with Crippen molar-refractivity contribution in [1.82, 2.24) is 4.98 Å². The Labute approximate surface area is 219 Å². The first-order chi connectivity index (χ1) is 17.8. The monoisotopic (exact) mass is 501 g/mol. The lowest BCUT2D eigenvalue weighted by molar-refractivity contribution is -0.290. The van der Waals surface area contributed by atoms with Gasteiger partial charge in [0.25, 0.3) is 0 Å². The molecule has 1 fully saturated rings. The van der Waals surface area contributed by atoms with E-state index in [4.69, 9.17) is 19.2 Å². The van der Waals surface area contributed by atoms with Crippen LogP contribution in [0, 0.1) is 5.82 Å². The van der Waals surface area contributed by atoms with Crippen LogP contribution in [0.25, 0.3) is 28.5 Å². The molecule has 0 bridgehead atoms. The molecule has 0 spiro atoms. The summed E-state index contributed by atoms with van der Waals surface area (Å²) in [6, 6.07) is 14.9. The molecule has 0 N–H and O–H groups in total. The SMILES string of the molecule is CC[C@H]1C[C@@H](/C=C/c2c(C(C)C)nc3c(c2-c2ccc(F)cc2)CCOc2ccccc2-3)OC(C)(C)O1. The molecule has 2 atom stereocenters. The number of benzene rings is 2. The van der Waals surface area contributed by atoms with E-state index in [9.17, 15) is 4.39 Å². The minimum Gasteiger partial charge on any atom is -0.493 e. The van der Waals surface area contributed by atoms with Crippen LogP contribution in [0.4, 0.5) is 4.39 Å². The first kappa shape index (κ1) is 25.6. The lowest BCUT2D eigenvalue weighted by Gasteiger charge is -2.39. The Morgan fingerprint density at radius 3 is 2.57 bits per heavy atom. The summed E-state index contributed by atoms with van der Waals surface area (Å²) in [5.74, 6) is 0.139. The standard InChI is InChI=1S/C32H36FNO3/c1-6-23-19-24(37-32(4,5)36-23)15-16-26-29(21-11-13-22(33)14-12-21)27-17-18-35-28-10-8-7-9-25(28)31(27)34-30(26)20(2)3/h7-16,20,23-24H,6,17-19H2,1-5H3/b16-15+/t23-,24+/m0/s1. The summed E-state index contributed by atoms with van der Waals surface area (Å²) in [5.41, 5.74) is 7.19. The highest BCUT2D eigenvalue weighted by Gasteiger charge is 2.34. The molecule has 37 heavy (non-hydrogen) atoms. The zero-order chi connectivity index (χ0) is 26.2. The van der Waals surface area contributed by atoms with E-state index in [1.807, 2.05) is 44.2 Å². The van der Waals surface area contributed by atoms with Crippen LogP contribution < -0.4 is 4.74 Å². The van der Waals surface area contributed by atoms with E-state index < -0.39 is 5.79 Å². The summed E-state index contributed by atoms with van der Waals surface area (Å²) in [4.78, 5) is 5.27. The van der Waals surface area contributed by atoms with E-state index in [0.717, 1.165) is 57.8 Å². The Kier molecular flexibility index (Phi) is 7.19. The van der Waals surface area contributed by atoms with Crippen molar-refractivity contribution >= 4 is 6.08 Å². The van der Waals surface area contributed by atoms with E-state index in [-0.39, 0.29) is 23.9 Å². The number of halogens is 1. The fraction of sp³-hybridized carbons (Fsp3) is 0.406. The number of rotatable bonds is 5. The Hall–Kier alpha value is -3.02. The molecule has 4 nitrogen and oxygen atoms in total. The smallest absolute Gasteiger partial charge is 0.163 e. The van der Waals surface area contributed by atoms with Crippen molar-refractivity contribution in [3.8, 4) is 28.1 Å². The maximum absolute atomic E-state index is 14.0. The van der Waals surface area contributed by atoms with Crippen LogP contribution in [0.5, 0.6) is 5.75 Å². The van der Waals surface area contributed by atoms with Gasteiger partial charge in [0, 0.05) is 24.0 Å². The van der Waals surface area contributed by atoms with Crippen molar-refractivity contribution in [2.75, 3.05) is 6.61 Å². The molecular weight excluding hydrogens is 465 g/mol. The second-order valence-electron chi connectivity index (χ2n) is 10.7. The minimum atomic E-state index is -0.637. The number of hydrogen-bond donors (Lipinski definition) is 0.